The van der Waals surface area contributed by atoms with Crippen molar-refractivity contribution in [2.75, 3.05) is 31.2 Å². The molecular formula is C33H37FN5O7PS. The van der Waals surface area contributed by atoms with Gasteiger partial charge < -0.3 is 34.5 Å². The molecule has 15 heteroatoms. The highest BCUT2D eigenvalue weighted by Gasteiger charge is 2.49. The Hall–Kier alpha value is -3.42. The molecule has 0 spiro atoms. The van der Waals surface area contributed by atoms with Crippen molar-refractivity contribution >= 4 is 52.4 Å². The summed E-state index contributed by atoms with van der Waals surface area (Å²) in [4.78, 5) is 70.4. The molecule has 3 aromatic rings. The van der Waals surface area contributed by atoms with E-state index in [2.05, 4.69) is 21.3 Å². The number of nitrogens with one attached hydrogen (secondary N) is 1. The van der Waals surface area contributed by atoms with Gasteiger partial charge >= 0.3 is 7.60 Å². The second-order valence-electron chi connectivity index (χ2n) is 13.6. The van der Waals surface area contributed by atoms with Gasteiger partial charge in [0.2, 0.25) is 17.7 Å². The molecule has 3 N–H and O–H groups in total. The molecule has 0 aliphatic carbocycles. The Morgan fingerprint density at radius 2 is 1.83 bits per heavy atom. The SMILES string of the molecule is O=C(N[C@H]1CCC[C@H]2CC[C@@H](C(=O)N3CC(c4cnccc4N4C5COCC4C5)C3)N2C1=O)c1cc2cc(C(F)P(=O)(O)O)ccc2s1. The van der Waals surface area contributed by atoms with Crippen LogP contribution in [0.1, 0.15) is 71.2 Å². The van der Waals surface area contributed by atoms with E-state index < -0.39 is 31.5 Å². The number of benzene rings is 1. The standard InChI is InChI=1S/C33H37FN5O7PS/c34-30(47(43,44)45)18-4-7-28-19(10-18)11-29(48-28)31(40)36-25-3-1-2-21-5-6-27(39(21)32(25)41)33(42)37-14-20(15-37)24-13-35-9-8-26(24)38-22-12-23(38)17-46-16-22/h4,7-11,13,20-23,25,27,30H,1-3,5-6,12,14-17H2,(H,36,40)(H2,43,44,45)/t21-,22?,23?,25-,27-,30?/m0/s1. The van der Waals surface area contributed by atoms with Crippen molar-refractivity contribution in [3.8, 4) is 0 Å². The van der Waals surface area contributed by atoms with Crippen LogP contribution in [0.25, 0.3) is 10.1 Å². The summed E-state index contributed by atoms with van der Waals surface area (Å²) in [6.07, 6.45) is 8.17. The highest BCUT2D eigenvalue weighted by atomic mass is 32.1. The third-order valence-electron chi connectivity index (χ3n) is 10.7. The molecule has 5 fully saturated rings. The number of carbonyl (C=O) groups is 3. The highest BCUT2D eigenvalue weighted by Crippen LogP contribution is 2.53. The smallest absolute Gasteiger partial charge is 0.363 e. The van der Waals surface area contributed by atoms with Gasteiger partial charge in [-0.15, -0.1) is 11.3 Å². The average molecular weight is 698 g/mol. The fraction of sp³-hybridized carbons (Fsp3) is 0.515. The number of likely N-dealkylation sites (tertiary alicyclic amines) is 1. The number of nitrogens with zero attached hydrogens (tertiary/aromatic N) is 4. The monoisotopic (exact) mass is 697 g/mol. The molecule has 3 amide bonds. The Morgan fingerprint density at radius 1 is 1.04 bits per heavy atom. The molecule has 1 aromatic carbocycles. The van der Waals surface area contributed by atoms with E-state index in [9.17, 15) is 33.1 Å². The van der Waals surface area contributed by atoms with Crippen molar-refractivity contribution in [2.45, 2.75) is 80.6 Å². The van der Waals surface area contributed by atoms with Crippen LogP contribution in [0.3, 0.4) is 0 Å². The number of halogens is 1. The van der Waals surface area contributed by atoms with Crippen LogP contribution in [0.5, 0.6) is 0 Å². The zero-order valence-electron chi connectivity index (χ0n) is 26.1. The number of anilines is 1. The van der Waals surface area contributed by atoms with Crippen molar-refractivity contribution in [3.63, 3.8) is 0 Å². The molecule has 0 saturated carbocycles. The van der Waals surface area contributed by atoms with E-state index in [-0.39, 0.29) is 29.3 Å². The number of alkyl halides is 1. The summed E-state index contributed by atoms with van der Waals surface area (Å²) in [5.74, 6) is -3.03. The van der Waals surface area contributed by atoms with Gasteiger partial charge in [0.25, 0.3) is 5.91 Å². The van der Waals surface area contributed by atoms with Gasteiger partial charge in [0, 0.05) is 53.4 Å². The summed E-state index contributed by atoms with van der Waals surface area (Å²) < 4.78 is 32.0. The summed E-state index contributed by atoms with van der Waals surface area (Å²) in [7, 11) is -4.98. The Kier molecular flexibility index (Phi) is 8.07. The Bertz CT molecular complexity index is 1820. The second kappa shape index (κ2) is 12.2. The molecule has 5 saturated heterocycles. The maximum absolute atomic E-state index is 14.3. The molecule has 5 aliphatic rings. The number of rotatable bonds is 7. The van der Waals surface area contributed by atoms with Gasteiger partial charge in [-0.3, -0.25) is 23.9 Å². The van der Waals surface area contributed by atoms with Crippen LogP contribution in [0.2, 0.25) is 0 Å². The number of aromatic nitrogens is 1. The summed E-state index contributed by atoms with van der Waals surface area (Å²) in [6, 6.07) is 7.13. The van der Waals surface area contributed by atoms with Gasteiger partial charge in [-0.2, -0.15) is 0 Å². The zero-order valence-corrected chi connectivity index (χ0v) is 27.8. The maximum atomic E-state index is 14.3. The largest absolute Gasteiger partial charge is 0.377 e. The van der Waals surface area contributed by atoms with E-state index in [0.29, 0.717) is 53.0 Å². The minimum absolute atomic E-state index is 0.0458. The minimum atomic E-state index is -4.98. The molecule has 254 valence electrons. The van der Waals surface area contributed by atoms with E-state index in [1.807, 2.05) is 17.3 Å². The first-order valence-electron chi connectivity index (χ1n) is 16.5. The number of fused-ring (bicyclic) bond motifs is 4. The van der Waals surface area contributed by atoms with E-state index in [0.717, 1.165) is 55.8 Å². The van der Waals surface area contributed by atoms with Gasteiger partial charge in [0.05, 0.1) is 30.2 Å². The van der Waals surface area contributed by atoms with Crippen LogP contribution in [0, 0.1) is 0 Å². The Labute approximate surface area is 280 Å². The number of carbonyl (C=O) groups excluding carboxylic acids is 3. The molecule has 2 bridgehead atoms. The van der Waals surface area contributed by atoms with Gasteiger partial charge in [0.15, 0.2) is 0 Å². The van der Waals surface area contributed by atoms with Crippen molar-refractivity contribution in [3.05, 3.63) is 58.7 Å². The van der Waals surface area contributed by atoms with Crippen LogP contribution in [-0.2, 0) is 18.9 Å². The molecular weight excluding hydrogens is 660 g/mol. The molecule has 2 aromatic heterocycles. The van der Waals surface area contributed by atoms with Crippen molar-refractivity contribution in [1.29, 1.82) is 0 Å². The molecule has 5 aliphatic heterocycles. The molecule has 7 heterocycles. The Morgan fingerprint density at radius 3 is 2.58 bits per heavy atom. The number of amides is 3. The summed E-state index contributed by atoms with van der Waals surface area (Å²) in [5.41, 5.74) is 2.17. The second-order valence-corrected chi connectivity index (χ2v) is 16.4. The molecule has 12 nitrogen and oxygen atoms in total. The van der Waals surface area contributed by atoms with Crippen LogP contribution in [0.15, 0.2) is 42.7 Å². The molecule has 3 unspecified atom stereocenters. The lowest BCUT2D eigenvalue weighted by Crippen LogP contribution is -2.64. The predicted molar refractivity (Wildman–Crippen MR) is 176 cm³/mol. The number of ether oxygens (including phenoxy) is 1. The van der Waals surface area contributed by atoms with Crippen LogP contribution >= 0.6 is 18.9 Å². The molecule has 48 heavy (non-hydrogen) atoms. The number of thiophene rings is 1. The summed E-state index contributed by atoms with van der Waals surface area (Å²) in [5, 5.41) is 3.36. The van der Waals surface area contributed by atoms with Crippen molar-refractivity contribution < 1.29 is 37.9 Å². The van der Waals surface area contributed by atoms with E-state index in [4.69, 9.17) is 4.74 Å². The maximum Gasteiger partial charge on any atom is 0.363 e. The van der Waals surface area contributed by atoms with Gasteiger partial charge in [0.1, 0.15) is 12.1 Å². The molecule has 0 radical (unpaired) electrons. The van der Waals surface area contributed by atoms with Crippen LogP contribution < -0.4 is 10.2 Å². The molecule has 8 rings (SSSR count). The van der Waals surface area contributed by atoms with Gasteiger partial charge in [-0.1, -0.05) is 6.07 Å². The van der Waals surface area contributed by atoms with Gasteiger partial charge in [-0.25, -0.2) is 4.39 Å². The quantitative estimate of drug-likeness (QED) is 0.314. The summed E-state index contributed by atoms with van der Waals surface area (Å²) in [6.45, 7) is 2.61. The normalized spacial score (nSPS) is 28.0. The zero-order chi connectivity index (χ0) is 33.3. The molecule has 6 atom stereocenters. The topological polar surface area (TPSA) is 153 Å². The third kappa shape index (κ3) is 5.51. The first-order valence-corrected chi connectivity index (χ1v) is 19.0. The van der Waals surface area contributed by atoms with Gasteiger partial charge in [-0.05, 0) is 73.7 Å². The first-order chi connectivity index (χ1) is 23.1. The van der Waals surface area contributed by atoms with Crippen molar-refractivity contribution in [1.82, 2.24) is 20.1 Å². The van der Waals surface area contributed by atoms with E-state index >= 15 is 0 Å². The highest BCUT2D eigenvalue weighted by molar-refractivity contribution is 7.51. The van der Waals surface area contributed by atoms with E-state index in [1.54, 1.807) is 4.90 Å². The number of hydrogen-bond donors (Lipinski definition) is 3. The lowest BCUT2D eigenvalue weighted by Gasteiger charge is -2.55. The number of pyridine rings is 1. The predicted octanol–water partition coefficient (Wildman–Crippen LogP) is 3.69. The average Bonchev–Trinajstić information content (AvgIpc) is 3.64. The van der Waals surface area contributed by atoms with Crippen LogP contribution in [0.4, 0.5) is 10.1 Å². The van der Waals surface area contributed by atoms with E-state index in [1.165, 1.54) is 30.0 Å². The lowest BCUT2D eigenvalue weighted by atomic mass is 9.85. The minimum Gasteiger partial charge on any atom is -0.377 e. The fourth-order valence-corrected chi connectivity index (χ4v) is 9.72. The Balaban J connectivity index is 0.933. The number of morpholine rings is 1. The number of hydrogen-bond acceptors (Lipinski definition) is 8. The first kappa shape index (κ1) is 31.8. The lowest BCUT2D eigenvalue weighted by molar-refractivity contribution is -0.148. The third-order valence-corrected chi connectivity index (χ3v) is 12.7. The van der Waals surface area contributed by atoms with Crippen molar-refractivity contribution in [2.24, 2.45) is 0 Å². The summed E-state index contributed by atoms with van der Waals surface area (Å²) >= 11 is 1.15. The fourth-order valence-electron chi connectivity index (χ4n) is 8.23. The van der Waals surface area contributed by atoms with Crippen LogP contribution in [-0.4, -0.2) is 98.8 Å².